The molecule has 0 aliphatic heterocycles. The summed E-state index contributed by atoms with van der Waals surface area (Å²) in [5, 5.41) is 4.70. The van der Waals surface area contributed by atoms with Gasteiger partial charge >= 0.3 is 0 Å². The third kappa shape index (κ3) is 2.02. The molecule has 0 aliphatic carbocycles. The SMILES string of the molecule is Cc1c(S(=O)O)cnn1-c1ccc(Cl)cc1. The van der Waals surface area contributed by atoms with Gasteiger partial charge in [-0.15, -0.1) is 0 Å². The van der Waals surface area contributed by atoms with Gasteiger partial charge in [0.25, 0.3) is 0 Å². The van der Waals surface area contributed by atoms with Crippen LogP contribution in [-0.2, 0) is 11.1 Å². The Morgan fingerprint density at radius 2 is 2.00 bits per heavy atom. The van der Waals surface area contributed by atoms with Gasteiger partial charge in [-0.3, -0.25) is 0 Å². The van der Waals surface area contributed by atoms with Crippen molar-refractivity contribution in [2.45, 2.75) is 11.8 Å². The Morgan fingerprint density at radius 3 is 2.50 bits per heavy atom. The lowest BCUT2D eigenvalue weighted by molar-refractivity contribution is 0.563. The molecule has 0 saturated heterocycles. The van der Waals surface area contributed by atoms with Gasteiger partial charge in [0, 0.05) is 5.02 Å². The zero-order chi connectivity index (χ0) is 11.7. The first kappa shape index (κ1) is 11.3. The van der Waals surface area contributed by atoms with E-state index in [2.05, 4.69) is 5.10 Å². The number of hydrogen-bond donors (Lipinski definition) is 1. The molecule has 0 spiro atoms. The molecular formula is C10H9ClN2O2S. The maximum atomic E-state index is 11.0. The van der Waals surface area contributed by atoms with E-state index in [9.17, 15) is 4.21 Å². The van der Waals surface area contributed by atoms with Gasteiger partial charge in [0.05, 0.1) is 17.6 Å². The lowest BCUT2D eigenvalue weighted by Gasteiger charge is -2.04. The van der Waals surface area contributed by atoms with Crippen LogP contribution in [0.1, 0.15) is 5.69 Å². The van der Waals surface area contributed by atoms with Crippen LogP contribution < -0.4 is 0 Å². The highest BCUT2D eigenvalue weighted by Crippen LogP contribution is 2.18. The lowest BCUT2D eigenvalue weighted by Crippen LogP contribution is -1.99. The smallest absolute Gasteiger partial charge is 0.190 e. The van der Waals surface area contributed by atoms with Gasteiger partial charge in [-0.25, -0.2) is 8.89 Å². The maximum Gasteiger partial charge on any atom is 0.190 e. The number of nitrogens with zero attached hydrogens (tertiary/aromatic N) is 2. The van der Waals surface area contributed by atoms with Gasteiger partial charge < -0.3 is 4.55 Å². The molecule has 0 aliphatic rings. The van der Waals surface area contributed by atoms with E-state index in [0.717, 1.165) is 5.69 Å². The fourth-order valence-electron chi connectivity index (χ4n) is 1.41. The van der Waals surface area contributed by atoms with Crippen LogP contribution in [0.25, 0.3) is 5.69 Å². The van der Waals surface area contributed by atoms with E-state index in [-0.39, 0.29) is 0 Å². The molecule has 1 unspecified atom stereocenters. The third-order valence-electron chi connectivity index (χ3n) is 2.22. The molecule has 16 heavy (non-hydrogen) atoms. The van der Waals surface area contributed by atoms with Crippen molar-refractivity contribution in [3.05, 3.63) is 41.2 Å². The van der Waals surface area contributed by atoms with Crippen molar-refractivity contribution < 1.29 is 8.76 Å². The Morgan fingerprint density at radius 1 is 1.38 bits per heavy atom. The molecular weight excluding hydrogens is 248 g/mol. The Kier molecular flexibility index (Phi) is 3.09. The van der Waals surface area contributed by atoms with Gasteiger partial charge in [0.1, 0.15) is 4.90 Å². The Labute approximate surface area is 100 Å². The zero-order valence-electron chi connectivity index (χ0n) is 8.42. The predicted molar refractivity (Wildman–Crippen MR) is 62.3 cm³/mol. The Hall–Kier alpha value is -1.17. The summed E-state index contributed by atoms with van der Waals surface area (Å²) in [7, 11) is 0. The molecule has 1 N–H and O–H groups in total. The summed E-state index contributed by atoms with van der Waals surface area (Å²) in [5.74, 6) is 0. The van der Waals surface area contributed by atoms with Crippen LogP contribution in [0.3, 0.4) is 0 Å². The van der Waals surface area contributed by atoms with Gasteiger partial charge in [0.2, 0.25) is 0 Å². The minimum Gasteiger partial charge on any atom is -0.302 e. The molecule has 6 heteroatoms. The van der Waals surface area contributed by atoms with E-state index in [1.54, 1.807) is 35.9 Å². The Bertz CT molecular complexity index is 536. The van der Waals surface area contributed by atoms with Crippen LogP contribution >= 0.6 is 11.6 Å². The summed E-state index contributed by atoms with van der Waals surface area (Å²) in [4.78, 5) is 0.315. The van der Waals surface area contributed by atoms with Crippen molar-refractivity contribution in [2.75, 3.05) is 0 Å². The molecule has 1 heterocycles. The van der Waals surface area contributed by atoms with Crippen molar-refractivity contribution in [1.29, 1.82) is 0 Å². The normalized spacial score (nSPS) is 12.7. The van der Waals surface area contributed by atoms with E-state index in [0.29, 0.717) is 15.6 Å². The molecule has 0 radical (unpaired) electrons. The lowest BCUT2D eigenvalue weighted by atomic mass is 10.3. The third-order valence-corrected chi connectivity index (χ3v) is 3.25. The molecule has 1 atom stereocenters. The van der Waals surface area contributed by atoms with E-state index >= 15 is 0 Å². The van der Waals surface area contributed by atoms with Crippen molar-refractivity contribution in [2.24, 2.45) is 0 Å². The molecule has 1 aromatic carbocycles. The molecule has 2 rings (SSSR count). The van der Waals surface area contributed by atoms with Gasteiger partial charge in [-0.2, -0.15) is 5.10 Å². The molecule has 84 valence electrons. The highest BCUT2D eigenvalue weighted by Gasteiger charge is 2.11. The number of hydrogen-bond acceptors (Lipinski definition) is 2. The van der Waals surface area contributed by atoms with Crippen molar-refractivity contribution in [1.82, 2.24) is 9.78 Å². The summed E-state index contributed by atoms with van der Waals surface area (Å²) >= 11 is 3.77. The summed E-state index contributed by atoms with van der Waals surface area (Å²) in [6.07, 6.45) is 1.39. The summed E-state index contributed by atoms with van der Waals surface area (Å²) in [6.45, 7) is 1.74. The average molecular weight is 257 g/mol. The fraction of sp³-hybridized carbons (Fsp3) is 0.100. The monoisotopic (exact) mass is 256 g/mol. The van der Waals surface area contributed by atoms with Crippen molar-refractivity contribution in [3.8, 4) is 5.69 Å². The standard InChI is InChI=1S/C10H9ClN2O2S/c1-7-10(16(14)15)6-12-13(7)9-4-2-8(11)3-5-9/h2-6H,1H3,(H,14,15). The quantitative estimate of drug-likeness (QED) is 0.840. The largest absolute Gasteiger partial charge is 0.302 e. The van der Waals surface area contributed by atoms with Crippen LogP contribution in [-0.4, -0.2) is 18.5 Å². The first-order chi connectivity index (χ1) is 7.59. The van der Waals surface area contributed by atoms with Crippen LogP contribution in [0.4, 0.5) is 0 Å². The number of benzene rings is 1. The summed E-state index contributed by atoms with van der Waals surface area (Å²) in [5.41, 5.74) is 1.45. The first-order valence-electron chi connectivity index (χ1n) is 4.51. The zero-order valence-corrected chi connectivity index (χ0v) is 10.00. The molecule has 0 fully saturated rings. The minimum atomic E-state index is -2.01. The maximum absolute atomic E-state index is 11.0. The van der Waals surface area contributed by atoms with E-state index in [1.165, 1.54) is 6.20 Å². The minimum absolute atomic E-state index is 0.315. The highest BCUT2D eigenvalue weighted by atomic mass is 35.5. The molecule has 2 aromatic rings. The summed E-state index contributed by atoms with van der Waals surface area (Å²) < 4.78 is 21.6. The highest BCUT2D eigenvalue weighted by molar-refractivity contribution is 7.79. The first-order valence-corrected chi connectivity index (χ1v) is 5.99. The molecule has 0 bridgehead atoms. The number of halogens is 1. The topological polar surface area (TPSA) is 55.1 Å². The van der Waals surface area contributed by atoms with E-state index in [4.69, 9.17) is 16.2 Å². The van der Waals surface area contributed by atoms with Crippen LogP contribution in [0.5, 0.6) is 0 Å². The average Bonchev–Trinajstić information content (AvgIpc) is 2.61. The molecule has 0 saturated carbocycles. The second-order valence-electron chi connectivity index (χ2n) is 3.23. The van der Waals surface area contributed by atoms with Crippen LogP contribution in [0.2, 0.25) is 5.02 Å². The van der Waals surface area contributed by atoms with Gasteiger partial charge in [0.15, 0.2) is 11.1 Å². The fourth-order valence-corrected chi connectivity index (χ4v) is 2.01. The molecule has 1 aromatic heterocycles. The second kappa shape index (κ2) is 4.37. The van der Waals surface area contributed by atoms with Gasteiger partial charge in [-0.1, -0.05) is 11.6 Å². The Balaban J connectivity index is 2.49. The predicted octanol–water partition coefficient (Wildman–Crippen LogP) is 2.41. The summed E-state index contributed by atoms with van der Waals surface area (Å²) in [6, 6.07) is 7.08. The number of rotatable bonds is 2. The molecule has 4 nitrogen and oxygen atoms in total. The molecule has 0 amide bonds. The van der Waals surface area contributed by atoms with Crippen LogP contribution in [0, 0.1) is 6.92 Å². The van der Waals surface area contributed by atoms with Gasteiger partial charge in [-0.05, 0) is 31.2 Å². The second-order valence-corrected chi connectivity index (χ2v) is 4.61. The van der Waals surface area contributed by atoms with Crippen molar-refractivity contribution >= 4 is 22.7 Å². The van der Waals surface area contributed by atoms with Crippen molar-refractivity contribution in [3.63, 3.8) is 0 Å². The number of aromatic nitrogens is 2. The van der Waals surface area contributed by atoms with Crippen LogP contribution in [0.15, 0.2) is 35.4 Å². The van der Waals surface area contributed by atoms with E-state index < -0.39 is 11.1 Å². The van der Waals surface area contributed by atoms with E-state index in [1.807, 2.05) is 0 Å².